The third-order valence-corrected chi connectivity index (χ3v) is 6.70. The van der Waals surface area contributed by atoms with Gasteiger partial charge in [0.15, 0.2) is 0 Å². The van der Waals surface area contributed by atoms with Gasteiger partial charge in [0.2, 0.25) is 0 Å². The summed E-state index contributed by atoms with van der Waals surface area (Å²) in [4.78, 5) is 24.0. The summed E-state index contributed by atoms with van der Waals surface area (Å²) in [7, 11) is 0. The van der Waals surface area contributed by atoms with Gasteiger partial charge in [0.25, 0.3) is 5.91 Å². The largest absolute Gasteiger partial charge is 0.369 e. The first kappa shape index (κ1) is 21.2. The fourth-order valence-electron chi connectivity index (χ4n) is 4.10. The van der Waals surface area contributed by atoms with Crippen LogP contribution in [0.4, 0.5) is 10.1 Å². The molecule has 4 rings (SSSR count). The predicted molar refractivity (Wildman–Crippen MR) is 119 cm³/mol. The van der Waals surface area contributed by atoms with Crippen molar-refractivity contribution in [2.45, 2.75) is 25.8 Å². The standard InChI is InChI=1S/C22H30FN5OS/c23-18-4-6-19(7-5-18)28-14-12-27(13-15-28)16-21-25-20(17-30-21)22(29)24-8-11-26-9-2-1-3-10-26/h4-7,17H,1-3,8-16H2,(H,24,29). The number of piperidine rings is 1. The summed E-state index contributed by atoms with van der Waals surface area (Å²) in [5.41, 5.74) is 1.59. The van der Waals surface area contributed by atoms with Gasteiger partial charge in [0, 0.05) is 50.3 Å². The lowest BCUT2D eigenvalue weighted by atomic mass is 10.1. The van der Waals surface area contributed by atoms with Crippen molar-refractivity contribution in [2.75, 3.05) is 57.3 Å². The van der Waals surface area contributed by atoms with Gasteiger partial charge >= 0.3 is 0 Å². The van der Waals surface area contributed by atoms with Crippen molar-refractivity contribution in [3.8, 4) is 0 Å². The number of nitrogens with one attached hydrogen (secondary N) is 1. The number of carbonyl (C=O) groups excluding carboxylic acids is 1. The highest BCUT2D eigenvalue weighted by atomic mass is 32.1. The lowest BCUT2D eigenvalue weighted by molar-refractivity contribution is 0.0942. The molecule has 0 saturated carbocycles. The van der Waals surface area contributed by atoms with E-state index in [4.69, 9.17) is 0 Å². The van der Waals surface area contributed by atoms with E-state index in [1.54, 1.807) is 11.3 Å². The molecule has 0 aliphatic carbocycles. The third-order valence-electron chi connectivity index (χ3n) is 5.87. The van der Waals surface area contributed by atoms with E-state index >= 15 is 0 Å². The number of carbonyl (C=O) groups is 1. The molecule has 1 amide bonds. The molecule has 0 spiro atoms. The Morgan fingerprint density at radius 2 is 1.73 bits per heavy atom. The molecular formula is C22H30FN5OS. The second kappa shape index (κ2) is 10.3. The van der Waals surface area contributed by atoms with Crippen LogP contribution in [0.1, 0.15) is 34.8 Å². The number of hydrogen-bond acceptors (Lipinski definition) is 6. The normalized spacial score (nSPS) is 18.5. The van der Waals surface area contributed by atoms with Crippen LogP contribution in [-0.4, -0.2) is 73.0 Å². The molecule has 2 aliphatic heterocycles. The minimum absolute atomic E-state index is 0.0735. The molecule has 2 saturated heterocycles. The Balaban J connectivity index is 1.20. The molecule has 2 aliphatic rings. The quantitative estimate of drug-likeness (QED) is 0.731. The topological polar surface area (TPSA) is 51.7 Å². The van der Waals surface area contributed by atoms with Crippen molar-refractivity contribution in [2.24, 2.45) is 0 Å². The zero-order chi connectivity index (χ0) is 20.8. The summed E-state index contributed by atoms with van der Waals surface area (Å²) in [6.07, 6.45) is 3.86. The van der Waals surface area contributed by atoms with E-state index in [2.05, 4.69) is 25.0 Å². The van der Waals surface area contributed by atoms with Gasteiger partial charge in [0.05, 0.1) is 6.54 Å². The van der Waals surface area contributed by atoms with Crippen LogP contribution < -0.4 is 10.2 Å². The van der Waals surface area contributed by atoms with Gasteiger partial charge in [-0.1, -0.05) is 6.42 Å². The number of piperazine rings is 1. The Morgan fingerprint density at radius 1 is 1.00 bits per heavy atom. The van der Waals surface area contributed by atoms with Crippen molar-refractivity contribution in [3.63, 3.8) is 0 Å². The highest BCUT2D eigenvalue weighted by molar-refractivity contribution is 7.09. The molecule has 0 bridgehead atoms. The van der Waals surface area contributed by atoms with Crippen molar-refractivity contribution < 1.29 is 9.18 Å². The maximum atomic E-state index is 13.1. The Bertz CT molecular complexity index is 813. The third kappa shape index (κ3) is 5.77. The van der Waals surface area contributed by atoms with E-state index < -0.39 is 0 Å². The highest BCUT2D eigenvalue weighted by Gasteiger charge is 2.19. The number of thiazole rings is 1. The number of benzene rings is 1. The van der Waals surface area contributed by atoms with Gasteiger partial charge in [-0.2, -0.15) is 0 Å². The summed E-state index contributed by atoms with van der Waals surface area (Å²) in [6.45, 7) is 8.31. The van der Waals surface area contributed by atoms with Crippen LogP contribution in [0.25, 0.3) is 0 Å². The van der Waals surface area contributed by atoms with Crippen molar-refractivity contribution >= 4 is 22.9 Å². The second-order valence-electron chi connectivity index (χ2n) is 8.02. The molecule has 0 atom stereocenters. The van der Waals surface area contributed by atoms with Crippen molar-refractivity contribution in [3.05, 3.63) is 46.2 Å². The zero-order valence-electron chi connectivity index (χ0n) is 17.4. The second-order valence-corrected chi connectivity index (χ2v) is 8.97. The van der Waals surface area contributed by atoms with Gasteiger partial charge in [0.1, 0.15) is 16.5 Å². The summed E-state index contributed by atoms with van der Waals surface area (Å²) in [6, 6.07) is 6.69. The first-order chi connectivity index (χ1) is 14.7. The lowest BCUT2D eigenvalue weighted by Gasteiger charge is -2.35. The molecule has 1 aromatic heterocycles. The minimum atomic E-state index is -0.201. The fourth-order valence-corrected chi connectivity index (χ4v) is 4.91. The highest BCUT2D eigenvalue weighted by Crippen LogP contribution is 2.19. The lowest BCUT2D eigenvalue weighted by Crippen LogP contribution is -2.45. The number of amides is 1. The molecule has 30 heavy (non-hydrogen) atoms. The molecule has 0 unspecified atom stereocenters. The Hall–Kier alpha value is -2.03. The molecule has 6 nitrogen and oxygen atoms in total. The molecule has 1 N–H and O–H groups in total. The number of halogens is 1. The number of likely N-dealkylation sites (tertiary alicyclic amines) is 1. The predicted octanol–water partition coefficient (Wildman–Crippen LogP) is 2.82. The van der Waals surface area contributed by atoms with Crippen LogP contribution in [0.15, 0.2) is 29.6 Å². The monoisotopic (exact) mass is 431 g/mol. The maximum absolute atomic E-state index is 13.1. The number of anilines is 1. The average molecular weight is 432 g/mol. The van der Waals surface area contributed by atoms with Crippen molar-refractivity contribution in [1.82, 2.24) is 20.1 Å². The number of hydrogen-bond donors (Lipinski definition) is 1. The number of rotatable bonds is 7. The molecule has 8 heteroatoms. The van der Waals surface area contributed by atoms with E-state index in [-0.39, 0.29) is 11.7 Å². The number of nitrogens with zero attached hydrogens (tertiary/aromatic N) is 4. The Kier molecular flexibility index (Phi) is 7.30. The van der Waals surface area contributed by atoms with E-state index in [0.717, 1.165) is 63.1 Å². The van der Waals surface area contributed by atoms with Gasteiger partial charge in [-0.15, -0.1) is 11.3 Å². The average Bonchev–Trinajstić information content (AvgIpc) is 3.24. The molecular weight excluding hydrogens is 401 g/mol. The summed E-state index contributed by atoms with van der Waals surface area (Å²) < 4.78 is 13.1. The SMILES string of the molecule is O=C(NCCN1CCCCC1)c1csc(CN2CCN(c3ccc(F)cc3)CC2)n1. The van der Waals surface area contributed by atoms with Gasteiger partial charge < -0.3 is 15.1 Å². The van der Waals surface area contributed by atoms with Crippen LogP contribution in [0.2, 0.25) is 0 Å². The van der Waals surface area contributed by atoms with Crippen LogP contribution in [-0.2, 0) is 6.54 Å². The Morgan fingerprint density at radius 3 is 2.47 bits per heavy atom. The van der Waals surface area contributed by atoms with Crippen LogP contribution in [0, 0.1) is 5.82 Å². The van der Waals surface area contributed by atoms with E-state index in [1.165, 1.54) is 31.4 Å². The first-order valence-electron chi connectivity index (χ1n) is 10.9. The van der Waals surface area contributed by atoms with Crippen molar-refractivity contribution in [1.29, 1.82) is 0 Å². The van der Waals surface area contributed by atoms with Crippen LogP contribution in [0.5, 0.6) is 0 Å². The molecule has 3 heterocycles. The minimum Gasteiger partial charge on any atom is -0.369 e. The molecule has 1 aromatic carbocycles. The van der Waals surface area contributed by atoms with E-state index in [9.17, 15) is 9.18 Å². The van der Waals surface area contributed by atoms with E-state index in [1.807, 2.05) is 17.5 Å². The molecule has 0 radical (unpaired) electrons. The van der Waals surface area contributed by atoms with Gasteiger partial charge in [-0.3, -0.25) is 9.69 Å². The summed E-state index contributed by atoms with van der Waals surface area (Å²) >= 11 is 1.55. The van der Waals surface area contributed by atoms with Crippen LogP contribution in [0.3, 0.4) is 0 Å². The molecule has 2 fully saturated rings. The maximum Gasteiger partial charge on any atom is 0.270 e. The summed E-state index contributed by atoms with van der Waals surface area (Å²) in [5.74, 6) is -0.275. The smallest absolute Gasteiger partial charge is 0.270 e. The van der Waals surface area contributed by atoms with Gasteiger partial charge in [-0.25, -0.2) is 9.37 Å². The first-order valence-corrected chi connectivity index (χ1v) is 11.7. The van der Waals surface area contributed by atoms with Gasteiger partial charge in [-0.05, 0) is 50.2 Å². The number of aromatic nitrogens is 1. The molecule has 2 aromatic rings. The van der Waals surface area contributed by atoms with Crippen LogP contribution >= 0.6 is 11.3 Å². The zero-order valence-corrected chi connectivity index (χ0v) is 18.2. The summed E-state index contributed by atoms with van der Waals surface area (Å²) in [5, 5.41) is 5.85. The fraction of sp³-hybridized carbons (Fsp3) is 0.545. The van der Waals surface area contributed by atoms with E-state index in [0.29, 0.717) is 12.2 Å². The molecule has 162 valence electrons. The Labute approximate surface area is 181 Å².